The van der Waals surface area contributed by atoms with E-state index in [2.05, 4.69) is 17.4 Å². The zero-order chi connectivity index (χ0) is 13.5. The van der Waals surface area contributed by atoms with Crippen molar-refractivity contribution in [3.8, 4) is 0 Å². The Hall–Kier alpha value is -1.39. The Morgan fingerprint density at radius 3 is 2.84 bits per heavy atom. The van der Waals surface area contributed by atoms with Gasteiger partial charge in [-0.1, -0.05) is 30.3 Å². The van der Waals surface area contributed by atoms with Gasteiger partial charge in [-0.15, -0.1) is 0 Å². The number of nitrogens with one attached hydrogen (secondary N) is 1. The van der Waals surface area contributed by atoms with Crippen molar-refractivity contribution in [2.75, 3.05) is 26.2 Å². The molecule has 19 heavy (non-hydrogen) atoms. The van der Waals surface area contributed by atoms with Gasteiger partial charge in [-0.05, 0) is 31.4 Å². The lowest BCUT2D eigenvalue weighted by atomic mass is 10.1. The second-order valence-corrected chi connectivity index (χ2v) is 5.00. The highest BCUT2D eigenvalue weighted by Crippen LogP contribution is 2.09. The Bertz CT molecular complexity index is 394. The number of benzene rings is 1. The first kappa shape index (κ1) is 14.0. The Morgan fingerprint density at radius 1 is 1.32 bits per heavy atom. The molecule has 1 amide bonds. The number of hydrogen-bond acceptors (Lipinski definition) is 3. The summed E-state index contributed by atoms with van der Waals surface area (Å²) in [4.78, 5) is 14.3. The number of carbonyl (C=O) groups is 1. The van der Waals surface area contributed by atoms with Crippen molar-refractivity contribution in [1.82, 2.24) is 10.2 Å². The number of hydrogen-bond donors (Lipinski definition) is 2. The van der Waals surface area contributed by atoms with E-state index in [4.69, 9.17) is 5.73 Å². The molecule has 1 aromatic rings. The summed E-state index contributed by atoms with van der Waals surface area (Å²) in [6, 6.07) is 10.3. The van der Waals surface area contributed by atoms with Crippen LogP contribution in [0.3, 0.4) is 0 Å². The number of amides is 1. The van der Waals surface area contributed by atoms with Crippen LogP contribution in [0.5, 0.6) is 0 Å². The number of rotatable bonds is 6. The monoisotopic (exact) mass is 261 g/mol. The van der Waals surface area contributed by atoms with E-state index in [1.165, 1.54) is 5.56 Å². The second-order valence-electron chi connectivity index (χ2n) is 5.00. The van der Waals surface area contributed by atoms with Crippen LogP contribution >= 0.6 is 0 Å². The first-order chi connectivity index (χ1) is 9.31. The fourth-order valence-corrected chi connectivity index (χ4v) is 2.47. The van der Waals surface area contributed by atoms with E-state index >= 15 is 0 Å². The summed E-state index contributed by atoms with van der Waals surface area (Å²) in [6.07, 6.45) is 2.67. The third-order valence-electron chi connectivity index (χ3n) is 3.59. The van der Waals surface area contributed by atoms with Crippen molar-refractivity contribution in [2.24, 2.45) is 5.73 Å². The van der Waals surface area contributed by atoms with Gasteiger partial charge in [0.25, 0.3) is 0 Å². The first-order valence-electron chi connectivity index (χ1n) is 7.07. The molecule has 1 atom stereocenters. The lowest BCUT2D eigenvalue weighted by Crippen LogP contribution is -2.55. The molecule has 0 aliphatic carbocycles. The second kappa shape index (κ2) is 7.26. The van der Waals surface area contributed by atoms with E-state index in [-0.39, 0.29) is 11.9 Å². The SMILES string of the molecule is NCCCC1NCCN(CCc2ccccc2)C1=O. The third-order valence-corrected chi connectivity index (χ3v) is 3.59. The molecule has 0 radical (unpaired) electrons. The summed E-state index contributed by atoms with van der Waals surface area (Å²) < 4.78 is 0. The van der Waals surface area contributed by atoms with Gasteiger partial charge in [0.05, 0.1) is 6.04 Å². The molecule has 4 heteroatoms. The van der Waals surface area contributed by atoms with Gasteiger partial charge in [-0.2, -0.15) is 0 Å². The van der Waals surface area contributed by atoms with Gasteiger partial charge in [0, 0.05) is 19.6 Å². The van der Waals surface area contributed by atoms with Gasteiger partial charge in [0.2, 0.25) is 5.91 Å². The fourth-order valence-electron chi connectivity index (χ4n) is 2.47. The minimum atomic E-state index is -0.0342. The lowest BCUT2D eigenvalue weighted by molar-refractivity contribution is -0.135. The molecule has 0 spiro atoms. The van der Waals surface area contributed by atoms with Gasteiger partial charge in [0.1, 0.15) is 0 Å². The van der Waals surface area contributed by atoms with Gasteiger partial charge in [-0.25, -0.2) is 0 Å². The molecule has 1 aliphatic heterocycles. The summed E-state index contributed by atoms with van der Waals surface area (Å²) in [7, 11) is 0. The van der Waals surface area contributed by atoms with E-state index in [1.54, 1.807) is 0 Å². The van der Waals surface area contributed by atoms with Gasteiger partial charge >= 0.3 is 0 Å². The van der Waals surface area contributed by atoms with Crippen LogP contribution in [0, 0.1) is 0 Å². The molecular formula is C15H23N3O. The maximum Gasteiger partial charge on any atom is 0.239 e. The third kappa shape index (κ3) is 4.04. The van der Waals surface area contributed by atoms with Gasteiger partial charge < -0.3 is 16.0 Å². The minimum Gasteiger partial charge on any atom is -0.340 e. The molecule has 1 heterocycles. The fraction of sp³-hybridized carbons (Fsp3) is 0.533. The highest BCUT2D eigenvalue weighted by atomic mass is 16.2. The number of nitrogens with zero attached hydrogens (tertiary/aromatic N) is 1. The van der Waals surface area contributed by atoms with Crippen LogP contribution in [0.25, 0.3) is 0 Å². The zero-order valence-electron chi connectivity index (χ0n) is 11.3. The summed E-state index contributed by atoms with van der Waals surface area (Å²) in [6.45, 7) is 3.15. The minimum absolute atomic E-state index is 0.0342. The van der Waals surface area contributed by atoms with E-state index < -0.39 is 0 Å². The number of nitrogens with two attached hydrogens (primary N) is 1. The van der Waals surface area contributed by atoms with Crippen LogP contribution in [0.1, 0.15) is 18.4 Å². The Kier molecular flexibility index (Phi) is 5.36. The Labute approximate surface area is 115 Å². The van der Waals surface area contributed by atoms with Crippen LogP contribution in [-0.4, -0.2) is 43.0 Å². The molecular weight excluding hydrogens is 238 g/mol. The molecule has 104 valence electrons. The lowest BCUT2D eigenvalue weighted by Gasteiger charge is -2.33. The molecule has 0 aromatic heterocycles. The topological polar surface area (TPSA) is 58.4 Å². The standard InChI is InChI=1S/C15H23N3O/c16-9-4-7-14-15(19)18(12-10-17-14)11-8-13-5-2-1-3-6-13/h1-3,5-6,14,17H,4,7-12,16H2. The normalized spacial score (nSPS) is 19.7. The Balaban J connectivity index is 1.84. The maximum atomic E-state index is 12.3. The summed E-state index contributed by atoms with van der Waals surface area (Å²) in [5.74, 6) is 0.232. The molecule has 1 aliphatic rings. The van der Waals surface area contributed by atoms with E-state index in [0.29, 0.717) is 6.54 Å². The number of piperazine rings is 1. The molecule has 3 N–H and O–H groups in total. The summed E-state index contributed by atoms with van der Waals surface area (Å²) in [5, 5.41) is 3.29. The molecule has 1 unspecified atom stereocenters. The van der Waals surface area contributed by atoms with E-state index in [1.807, 2.05) is 23.1 Å². The van der Waals surface area contributed by atoms with Gasteiger partial charge in [-0.3, -0.25) is 4.79 Å². The van der Waals surface area contributed by atoms with Crippen LogP contribution in [0.15, 0.2) is 30.3 Å². The smallest absolute Gasteiger partial charge is 0.239 e. The highest BCUT2D eigenvalue weighted by molar-refractivity contribution is 5.82. The Morgan fingerprint density at radius 2 is 2.11 bits per heavy atom. The van der Waals surface area contributed by atoms with Crippen molar-refractivity contribution < 1.29 is 4.79 Å². The predicted molar refractivity (Wildman–Crippen MR) is 76.8 cm³/mol. The van der Waals surface area contributed by atoms with Gasteiger partial charge in [0.15, 0.2) is 0 Å². The first-order valence-corrected chi connectivity index (χ1v) is 7.07. The zero-order valence-corrected chi connectivity index (χ0v) is 11.3. The molecule has 1 saturated heterocycles. The maximum absolute atomic E-state index is 12.3. The largest absolute Gasteiger partial charge is 0.340 e. The molecule has 0 saturated carbocycles. The van der Waals surface area contributed by atoms with Crippen molar-refractivity contribution in [3.05, 3.63) is 35.9 Å². The van der Waals surface area contributed by atoms with Crippen LogP contribution < -0.4 is 11.1 Å². The number of carbonyl (C=O) groups excluding carboxylic acids is 1. The van der Waals surface area contributed by atoms with Crippen LogP contribution in [-0.2, 0) is 11.2 Å². The van der Waals surface area contributed by atoms with Crippen molar-refractivity contribution in [1.29, 1.82) is 0 Å². The van der Waals surface area contributed by atoms with E-state index in [0.717, 1.165) is 38.9 Å². The predicted octanol–water partition coefficient (Wildman–Crippen LogP) is 0.768. The average molecular weight is 261 g/mol. The summed E-state index contributed by atoms with van der Waals surface area (Å²) >= 11 is 0. The van der Waals surface area contributed by atoms with E-state index in [9.17, 15) is 4.79 Å². The van der Waals surface area contributed by atoms with Crippen molar-refractivity contribution in [2.45, 2.75) is 25.3 Å². The molecule has 1 aromatic carbocycles. The molecule has 1 fully saturated rings. The van der Waals surface area contributed by atoms with Crippen molar-refractivity contribution >= 4 is 5.91 Å². The van der Waals surface area contributed by atoms with Crippen LogP contribution in [0.4, 0.5) is 0 Å². The molecule has 2 rings (SSSR count). The highest BCUT2D eigenvalue weighted by Gasteiger charge is 2.27. The quantitative estimate of drug-likeness (QED) is 0.795. The van der Waals surface area contributed by atoms with Crippen LogP contribution in [0.2, 0.25) is 0 Å². The average Bonchev–Trinajstić information content (AvgIpc) is 2.46. The molecule has 4 nitrogen and oxygen atoms in total. The summed E-state index contributed by atoms with van der Waals surface area (Å²) in [5.41, 5.74) is 6.79. The van der Waals surface area contributed by atoms with Crippen molar-refractivity contribution in [3.63, 3.8) is 0 Å². The molecule has 0 bridgehead atoms.